The topological polar surface area (TPSA) is 84.6 Å². The van der Waals surface area contributed by atoms with Crippen LogP contribution in [-0.4, -0.2) is 30.2 Å². The number of amides is 1. The molecule has 0 bridgehead atoms. The molecule has 1 amide bonds. The summed E-state index contributed by atoms with van der Waals surface area (Å²) in [5, 5.41) is 12.3. The van der Waals surface area contributed by atoms with Crippen LogP contribution in [-0.2, 0) is 11.4 Å². The third-order valence-electron chi connectivity index (χ3n) is 3.76. The zero-order valence-corrected chi connectivity index (χ0v) is 11.1. The normalized spacial score (nSPS) is 17.8. The highest BCUT2D eigenvalue weighted by Gasteiger charge is 2.49. The molecule has 19 heavy (non-hydrogen) atoms. The quantitative estimate of drug-likeness (QED) is 0.666. The maximum Gasteiger partial charge on any atom is 0.241 e. The predicted octanol–water partition coefficient (Wildman–Crippen LogP) is 0.411. The van der Waals surface area contributed by atoms with Gasteiger partial charge in [-0.25, -0.2) is 0 Å². The zero-order chi connectivity index (χ0) is 13.9. The van der Waals surface area contributed by atoms with E-state index in [9.17, 15) is 9.90 Å². The summed E-state index contributed by atoms with van der Waals surface area (Å²) < 4.78 is 5.72. The number of ether oxygens (including phenoxy) is 1. The van der Waals surface area contributed by atoms with Gasteiger partial charge in [0.15, 0.2) is 0 Å². The lowest BCUT2D eigenvalue weighted by Gasteiger charge is -2.30. The van der Waals surface area contributed by atoms with Crippen LogP contribution in [0.1, 0.15) is 18.4 Å². The van der Waals surface area contributed by atoms with Gasteiger partial charge >= 0.3 is 0 Å². The van der Waals surface area contributed by atoms with E-state index in [4.69, 9.17) is 10.5 Å². The Balaban J connectivity index is 2.13. The first kappa shape index (κ1) is 13.8. The molecule has 0 radical (unpaired) electrons. The number of likely N-dealkylation sites (N-methyl/N-ethyl adjacent to an activating group) is 1. The maximum absolute atomic E-state index is 11.7. The van der Waals surface area contributed by atoms with E-state index in [0.29, 0.717) is 11.3 Å². The number of aliphatic hydroxyl groups is 1. The molecule has 1 aliphatic rings. The lowest BCUT2D eigenvalue weighted by atomic mass is 9.93. The maximum atomic E-state index is 11.7. The van der Waals surface area contributed by atoms with E-state index in [1.165, 1.54) is 0 Å². The molecule has 1 aromatic carbocycles. The number of primary amides is 1. The van der Waals surface area contributed by atoms with Crippen molar-refractivity contribution in [3.05, 3.63) is 29.8 Å². The van der Waals surface area contributed by atoms with E-state index in [1.54, 1.807) is 19.2 Å². The van der Waals surface area contributed by atoms with Crippen molar-refractivity contribution >= 4 is 5.91 Å². The molecule has 5 heteroatoms. The van der Waals surface area contributed by atoms with E-state index >= 15 is 0 Å². The van der Waals surface area contributed by atoms with Crippen LogP contribution in [0.25, 0.3) is 0 Å². The van der Waals surface area contributed by atoms with Crippen LogP contribution in [0.2, 0.25) is 0 Å². The van der Waals surface area contributed by atoms with Gasteiger partial charge in [-0.05, 0) is 31.9 Å². The number of para-hydroxylation sites is 1. The highest BCUT2D eigenvalue weighted by atomic mass is 16.5. The van der Waals surface area contributed by atoms with Crippen LogP contribution in [0.15, 0.2) is 24.3 Å². The van der Waals surface area contributed by atoms with Gasteiger partial charge in [-0.2, -0.15) is 0 Å². The van der Waals surface area contributed by atoms with Crippen LogP contribution >= 0.6 is 0 Å². The molecule has 104 valence electrons. The first-order valence-corrected chi connectivity index (χ1v) is 6.44. The minimum atomic E-state index is -0.817. The van der Waals surface area contributed by atoms with Gasteiger partial charge < -0.3 is 20.9 Å². The summed E-state index contributed by atoms with van der Waals surface area (Å²) in [6.45, 7) is 0.0865. The highest BCUT2D eigenvalue weighted by molar-refractivity contribution is 5.85. The van der Waals surface area contributed by atoms with Gasteiger partial charge in [0.05, 0.1) is 6.61 Å². The van der Waals surface area contributed by atoms with Crippen LogP contribution in [0.3, 0.4) is 0 Å². The average molecular weight is 264 g/mol. The van der Waals surface area contributed by atoms with Crippen LogP contribution in [0.5, 0.6) is 5.75 Å². The van der Waals surface area contributed by atoms with Crippen LogP contribution < -0.4 is 15.8 Å². The summed E-state index contributed by atoms with van der Waals surface area (Å²) in [6, 6.07) is 7.23. The third-order valence-corrected chi connectivity index (χ3v) is 3.76. The Labute approximate surface area is 112 Å². The van der Waals surface area contributed by atoms with E-state index in [-0.39, 0.29) is 25.0 Å². The Morgan fingerprint density at radius 2 is 2.21 bits per heavy atom. The van der Waals surface area contributed by atoms with Gasteiger partial charge in [-0.3, -0.25) is 4.79 Å². The minimum absolute atomic E-state index is 0.0945. The molecular formula is C14H20N2O3. The molecule has 1 saturated carbocycles. The largest absolute Gasteiger partial charge is 0.491 e. The number of carbonyl (C=O) groups is 1. The highest BCUT2D eigenvalue weighted by Crippen LogP contribution is 2.40. The summed E-state index contributed by atoms with van der Waals surface area (Å²) in [5.74, 6) is 0.432. The van der Waals surface area contributed by atoms with Crippen molar-refractivity contribution in [2.75, 3.05) is 13.7 Å². The Morgan fingerprint density at radius 3 is 2.74 bits per heavy atom. The van der Waals surface area contributed by atoms with E-state index in [2.05, 4.69) is 5.32 Å². The van der Waals surface area contributed by atoms with Crippen LogP contribution in [0.4, 0.5) is 0 Å². The molecule has 1 fully saturated rings. The number of hydrogen-bond acceptors (Lipinski definition) is 4. The summed E-state index contributed by atoms with van der Waals surface area (Å²) in [6.07, 6.45) is 1.96. The van der Waals surface area contributed by atoms with E-state index < -0.39 is 5.54 Å². The molecule has 1 aromatic rings. The fraction of sp³-hybridized carbons (Fsp3) is 0.500. The molecule has 2 rings (SSSR count). The van der Waals surface area contributed by atoms with Crippen molar-refractivity contribution in [3.8, 4) is 5.75 Å². The molecule has 0 spiro atoms. The Hall–Kier alpha value is -1.59. The van der Waals surface area contributed by atoms with Gasteiger partial charge in [0.1, 0.15) is 17.9 Å². The van der Waals surface area contributed by atoms with Crippen molar-refractivity contribution in [2.45, 2.75) is 25.0 Å². The second kappa shape index (κ2) is 5.59. The van der Waals surface area contributed by atoms with Gasteiger partial charge in [0.2, 0.25) is 5.91 Å². The molecule has 1 atom stereocenters. The lowest BCUT2D eigenvalue weighted by Crippen LogP contribution is -2.59. The summed E-state index contributed by atoms with van der Waals surface area (Å²) in [5.41, 5.74) is 5.41. The van der Waals surface area contributed by atoms with E-state index in [1.807, 2.05) is 12.1 Å². The molecule has 1 unspecified atom stereocenters. The number of hydrogen-bond donors (Lipinski definition) is 3. The van der Waals surface area contributed by atoms with Gasteiger partial charge in [0, 0.05) is 5.56 Å². The molecular weight excluding hydrogens is 244 g/mol. The van der Waals surface area contributed by atoms with Gasteiger partial charge in [0.25, 0.3) is 0 Å². The Morgan fingerprint density at radius 1 is 1.53 bits per heavy atom. The minimum Gasteiger partial charge on any atom is -0.491 e. The SMILES string of the molecule is CNC(COc1ccccc1CO)(C(N)=O)C1CC1. The van der Waals surface area contributed by atoms with Crippen molar-refractivity contribution < 1.29 is 14.6 Å². The molecule has 0 aliphatic heterocycles. The smallest absolute Gasteiger partial charge is 0.241 e. The molecule has 5 nitrogen and oxygen atoms in total. The fourth-order valence-corrected chi connectivity index (χ4v) is 2.33. The number of nitrogens with one attached hydrogen (secondary N) is 1. The zero-order valence-electron chi connectivity index (χ0n) is 11.1. The third kappa shape index (κ3) is 2.72. The first-order chi connectivity index (χ1) is 9.14. The van der Waals surface area contributed by atoms with Crippen molar-refractivity contribution in [1.29, 1.82) is 0 Å². The van der Waals surface area contributed by atoms with Crippen molar-refractivity contribution in [2.24, 2.45) is 11.7 Å². The lowest BCUT2D eigenvalue weighted by molar-refractivity contribution is -0.126. The monoisotopic (exact) mass is 264 g/mol. The van der Waals surface area contributed by atoms with Crippen molar-refractivity contribution in [1.82, 2.24) is 5.32 Å². The van der Waals surface area contributed by atoms with Gasteiger partial charge in [-0.1, -0.05) is 18.2 Å². The predicted molar refractivity (Wildman–Crippen MR) is 71.6 cm³/mol. The number of benzene rings is 1. The van der Waals surface area contributed by atoms with Crippen molar-refractivity contribution in [3.63, 3.8) is 0 Å². The number of aliphatic hydroxyl groups excluding tert-OH is 1. The Bertz CT molecular complexity index is 460. The average Bonchev–Trinajstić information content (AvgIpc) is 3.25. The second-order valence-corrected chi connectivity index (χ2v) is 4.91. The van der Waals surface area contributed by atoms with E-state index in [0.717, 1.165) is 12.8 Å². The van der Waals surface area contributed by atoms with Crippen LogP contribution in [0, 0.1) is 5.92 Å². The number of rotatable bonds is 7. The molecule has 0 heterocycles. The summed E-state index contributed by atoms with van der Waals surface area (Å²) in [7, 11) is 1.73. The standard InChI is InChI=1S/C14H20N2O3/c1-16-14(13(15)18,11-6-7-11)9-19-12-5-3-2-4-10(12)8-17/h2-5,11,16-17H,6-9H2,1H3,(H2,15,18). The molecule has 4 N–H and O–H groups in total. The number of nitrogens with two attached hydrogens (primary N) is 1. The Kier molecular flexibility index (Phi) is 4.07. The summed E-state index contributed by atoms with van der Waals surface area (Å²) in [4.78, 5) is 11.7. The fourth-order valence-electron chi connectivity index (χ4n) is 2.33. The number of carbonyl (C=O) groups excluding carboxylic acids is 1. The molecule has 1 aliphatic carbocycles. The molecule has 0 saturated heterocycles. The molecule has 0 aromatic heterocycles. The van der Waals surface area contributed by atoms with Gasteiger partial charge in [-0.15, -0.1) is 0 Å². The second-order valence-electron chi connectivity index (χ2n) is 4.91. The summed E-state index contributed by atoms with van der Waals surface area (Å²) >= 11 is 0. The first-order valence-electron chi connectivity index (χ1n) is 6.44.